The van der Waals surface area contributed by atoms with Gasteiger partial charge < -0.3 is 29.6 Å². The topological polar surface area (TPSA) is 112 Å². The number of esters is 1. The number of amides is 2. The van der Waals surface area contributed by atoms with Crippen LogP contribution in [0.2, 0.25) is 0 Å². The number of hydrogen-bond donors (Lipinski definition) is 2. The fourth-order valence-electron chi connectivity index (χ4n) is 3.35. The lowest BCUT2D eigenvalue weighted by molar-refractivity contribution is -0.145. The van der Waals surface area contributed by atoms with Crippen molar-refractivity contribution in [1.29, 1.82) is 0 Å². The van der Waals surface area contributed by atoms with Gasteiger partial charge in [-0.05, 0) is 23.3 Å². The maximum absolute atomic E-state index is 13.0. The van der Waals surface area contributed by atoms with Crippen LogP contribution in [0.4, 0.5) is 0 Å². The van der Waals surface area contributed by atoms with Crippen LogP contribution >= 0.6 is 0 Å². The van der Waals surface area contributed by atoms with Gasteiger partial charge in [-0.2, -0.15) is 0 Å². The van der Waals surface area contributed by atoms with Crippen LogP contribution in [0.3, 0.4) is 0 Å². The van der Waals surface area contributed by atoms with Crippen molar-refractivity contribution < 1.29 is 33.3 Å². The van der Waals surface area contributed by atoms with Crippen molar-refractivity contribution in [3.05, 3.63) is 95.6 Å². The second-order valence-electron chi connectivity index (χ2n) is 7.96. The third-order valence-electron chi connectivity index (χ3n) is 5.32. The average molecular weight is 507 g/mol. The SMILES string of the molecule is COc1ccc(C(=O)N[C@@H](COCc2ccccc2)C(=O)NCC(=O)OCc2ccccc2)c(OC)c1. The smallest absolute Gasteiger partial charge is 0.325 e. The molecule has 3 aromatic rings. The zero-order chi connectivity index (χ0) is 26.5. The summed E-state index contributed by atoms with van der Waals surface area (Å²) < 4.78 is 21.4. The fraction of sp³-hybridized carbons (Fsp3) is 0.250. The molecule has 3 rings (SSSR count). The molecule has 0 aliphatic rings. The monoisotopic (exact) mass is 506 g/mol. The summed E-state index contributed by atoms with van der Waals surface area (Å²) >= 11 is 0. The molecule has 1 atom stereocenters. The zero-order valence-corrected chi connectivity index (χ0v) is 20.8. The maximum Gasteiger partial charge on any atom is 0.325 e. The molecule has 0 radical (unpaired) electrons. The number of methoxy groups -OCH3 is 2. The fourth-order valence-corrected chi connectivity index (χ4v) is 3.35. The van der Waals surface area contributed by atoms with Crippen molar-refractivity contribution in [2.45, 2.75) is 19.3 Å². The van der Waals surface area contributed by atoms with Gasteiger partial charge >= 0.3 is 5.97 Å². The highest BCUT2D eigenvalue weighted by atomic mass is 16.5. The highest BCUT2D eigenvalue weighted by Gasteiger charge is 2.24. The average Bonchev–Trinajstić information content (AvgIpc) is 2.94. The van der Waals surface area contributed by atoms with E-state index in [2.05, 4.69) is 10.6 Å². The number of nitrogens with one attached hydrogen (secondary N) is 2. The molecule has 0 saturated carbocycles. The van der Waals surface area contributed by atoms with Crippen LogP contribution in [0.15, 0.2) is 78.9 Å². The van der Waals surface area contributed by atoms with E-state index >= 15 is 0 Å². The molecule has 194 valence electrons. The minimum Gasteiger partial charge on any atom is -0.497 e. The van der Waals surface area contributed by atoms with Crippen molar-refractivity contribution >= 4 is 17.8 Å². The number of hydrogen-bond acceptors (Lipinski definition) is 7. The lowest BCUT2D eigenvalue weighted by Crippen LogP contribution is -2.50. The van der Waals surface area contributed by atoms with E-state index in [0.717, 1.165) is 11.1 Å². The molecule has 0 aliphatic carbocycles. The van der Waals surface area contributed by atoms with E-state index in [-0.39, 0.29) is 37.7 Å². The summed E-state index contributed by atoms with van der Waals surface area (Å²) in [5.74, 6) is -0.946. The molecule has 3 aromatic carbocycles. The molecule has 0 spiro atoms. The molecule has 0 heterocycles. The molecule has 2 amide bonds. The largest absolute Gasteiger partial charge is 0.497 e. The van der Waals surface area contributed by atoms with Gasteiger partial charge in [-0.1, -0.05) is 60.7 Å². The Kier molecular flexibility index (Phi) is 10.5. The van der Waals surface area contributed by atoms with E-state index in [9.17, 15) is 14.4 Å². The molecule has 0 saturated heterocycles. The Morgan fingerprint density at radius 1 is 0.811 bits per heavy atom. The number of carbonyl (C=O) groups excluding carboxylic acids is 3. The van der Waals surface area contributed by atoms with E-state index in [1.54, 1.807) is 12.1 Å². The summed E-state index contributed by atoms with van der Waals surface area (Å²) in [7, 11) is 2.93. The van der Waals surface area contributed by atoms with Crippen molar-refractivity contribution in [3.8, 4) is 11.5 Å². The van der Waals surface area contributed by atoms with Crippen molar-refractivity contribution in [3.63, 3.8) is 0 Å². The molecule has 2 N–H and O–H groups in total. The van der Waals surface area contributed by atoms with Crippen LogP contribution in [0.1, 0.15) is 21.5 Å². The first-order valence-corrected chi connectivity index (χ1v) is 11.6. The van der Waals surface area contributed by atoms with E-state index in [0.29, 0.717) is 5.75 Å². The Morgan fingerprint density at radius 3 is 2.08 bits per heavy atom. The molecular formula is C28H30N2O7. The molecule has 0 fully saturated rings. The summed E-state index contributed by atoms with van der Waals surface area (Å²) in [4.78, 5) is 38.1. The summed E-state index contributed by atoms with van der Waals surface area (Å²) in [5, 5.41) is 5.18. The zero-order valence-electron chi connectivity index (χ0n) is 20.8. The number of benzene rings is 3. The first-order valence-electron chi connectivity index (χ1n) is 11.6. The highest BCUT2D eigenvalue weighted by Crippen LogP contribution is 2.24. The Labute approximate surface area is 215 Å². The van der Waals surface area contributed by atoms with E-state index < -0.39 is 23.8 Å². The standard InChI is InChI=1S/C28H30N2O7/c1-34-22-13-14-23(25(15-22)35-2)27(32)30-24(19-36-17-20-9-5-3-6-10-20)28(33)29-16-26(31)37-18-21-11-7-4-8-12-21/h3-15,24H,16-19H2,1-2H3,(H,29,33)(H,30,32)/t24-/m0/s1. The van der Waals surface area contributed by atoms with Gasteiger partial charge in [0.1, 0.15) is 30.7 Å². The Hall–Kier alpha value is -4.37. The van der Waals surface area contributed by atoms with Gasteiger partial charge in [-0.15, -0.1) is 0 Å². The molecule has 37 heavy (non-hydrogen) atoms. The van der Waals surface area contributed by atoms with Gasteiger partial charge in [0, 0.05) is 6.07 Å². The van der Waals surface area contributed by atoms with Gasteiger partial charge in [-0.25, -0.2) is 0 Å². The lowest BCUT2D eigenvalue weighted by atomic mass is 10.1. The van der Waals surface area contributed by atoms with Crippen LogP contribution < -0.4 is 20.1 Å². The summed E-state index contributed by atoms with van der Waals surface area (Å²) in [5.41, 5.74) is 1.95. The first kappa shape index (κ1) is 27.2. The minimum absolute atomic E-state index is 0.0904. The van der Waals surface area contributed by atoms with Crippen molar-refractivity contribution in [2.75, 3.05) is 27.4 Å². The number of rotatable bonds is 13. The van der Waals surface area contributed by atoms with Crippen LogP contribution in [0.25, 0.3) is 0 Å². The van der Waals surface area contributed by atoms with Crippen LogP contribution in [0.5, 0.6) is 11.5 Å². The normalized spacial score (nSPS) is 11.2. The summed E-state index contributed by atoms with van der Waals surface area (Å²) in [6.45, 7) is -0.148. The van der Waals surface area contributed by atoms with Gasteiger partial charge in [0.25, 0.3) is 5.91 Å². The molecule has 9 nitrogen and oxygen atoms in total. The Bertz CT molecular complexity index is 1170. The maximum atomic E-state index is 13.0. The minimum atomic E-state index is -1.08. The predicted octanol–water partition coefficient (Wildman–Crippen LogP) is 2.88. The Balaban J connectivity index is 1.62. The number of carbonyl (C=O) groups is 3. The highest BCUT2D eigenvalue weighted by molar-refractivity contribution is 6.00. The molecule has 0 bridgehead atoms. The third-order valence-corrected chi connectivity index (χ3v) is 5.32. The van der Waals surface area contributed by atoms with Gasteiger partial charge in [0.15, 0.2) is 0 Å². The summed E-state index contributed by atoms with van der Waals surface area (Å²) in [6, 6.07) is 22.3. The van der Waals surface area contributed by atoms with Gasteiger partial charge in [0.2, 0.25) is 5.91 Å². The van der Waals surface area contributed by atoms with E-state index in [4.69, 9.17) is 18.9 Å². The van der Waals surface area contributed by atoms with Crippen molar-refractivity contribution in [2.24, 2.45) is 0 Å². The van der Waals surface area contributed by atoms with Crippen LogP contribution in [-0.4, -0.2) is 51.2 Å². The number of ether oxygens (including phenoxy) is 4. The molecule has 0 unspecified atom stereocenters. The molecule has 9 heteroatoms. The van der Waals surface area contributed by atoms with Gasteiger partial charge in [-0.3, -0.25) is 14.4 Å². The Morgan fingerprint density at radius 2 is 1.46 bits per heavy atom. The van der Waals surface area contributed by atoms with E-state index in [1.807, 2.05) is 60.7 Å². The van der Waals surface area contributed by atoms with Crippen molar-refractivity contribution in [1.82, 2.24) is 10.6 Å². The molecule has 0 aliphatic heterocycles. The van der Waals surface area contributed by atoms with Crippen LogP contribution in [-0.2, 0) is 32.3 Å². The van der Waals surface area contributed by atoms with Gasteiger partial charge in [0.05, 0.1) is 33.0 Å². The second kappa shape index (κ2) is 14.3. The third kappa shape index (κ3) is 8.66. The second-order valence-corrected chi connectivity index (χ2v) is 7.96. The van der Waals surface area contributed by atoms with Crippen LogP contribution in [0, 0.1) is 0 Å². The first-order chi connectivity index (χ1) is 18.0. The molecule has 0 aromatic heterocycles. The van der Waals surface area contributed by atoms with E-state index in [1.165, 1.54) is 20.3 Å². The molecular weight excluding hydrogens is 476 g/mol. The lowest BCUT2D eigenvalue weighted by Gasteiger charge is -2.19. The predicted molar refractivity (Wildman–Crippen MR) is 136 cm³/mol. The summed E-state index contributed by atoms with van der Waals surface area (Å²) in [6.07, 6.45) is 0. The quantitative estimate of drug-likeness (QED) is 0.343.